The van der Waals surface area contributed by atoms with Gasteiger partial charge in [-0.25, -0.2) is 19.9 Å². The largest absolute Gasteiger partial charge is 0.456 e. The van der Waals surface area contributed by atoms with Crippen LogP contribution in [0.2, 0.25) is 0 Å². The highest BCUT2D eigenvalue weighted by atomic mass is 16.4. The third-order valence-electron chi connectivity index (χ3n) is 9.16. The van der Waals surface area contributed by atoms with E-state index < -0.39 is 0 Å². The van der Waals surface area contributed by atoms with Gasteiger partial charge in [-0.2, -0.15) is 0 Å². The molecule has 0 saturated carbocycles. The Morgan fingerprint density at radius 3 is 1.76 bits per heavy atom. The van der Waals surface area contributed by atoms with Crippen molar-refractivity contribution >= 4 is 43.8 Å². The second-order valence-corrected chi connectivity index (χ2v) is 12.3. The van der Waals surface area contributed by atoms with E-state index in [0.29, 0.717) is 34.5 Å². The van der Waals surface area contributed by atoms with Crippen molar-refractivity contribution in [2.45, 2.75) is 0 Å². The van der Waals surface area contributed by atoms with E-state index in [1.165, 1.54) is 5.39 Å². The first-order valence-corrected chi connectivity index (χ1v) is 16.5. The van der Waals surface area contributed by atoms with E-state index in [9.17, 15) is 0 Å². The summed E-state index contributed by atoms with van der Waals surface area (Å²) >= 11 is 0. The van der Waals surface area contributed by atoms with Crippen molar-refractivity contribution < 1.29 is 8.83 Å². The Kier molecular flexibility index (Phi) is 6.39. The molecule has 0 radical (unpaired) electrons. The van der Waals surface area contributed by atoms with Gasteiger partial charge >= 0.3 is 0 Å². The van der Waals surface area contributed by atoms with Crippen LogP contribution < -0.4 is 0 Å². The van der Waals surface area contributed by atoms with Crippen LogP contribution in [0.5, 0.6) is 0 Å². The molecule has 6 heteroatoms. The van der Waals surface area contributed by atoms with Crippen LogP contribution in [-0.2, 0) is 0 Å². The number of hydrogen-bond acceptors (Lipinski definition) is 6. The smallest absolute Gasteiger partial charge is 0.227 e. The first kappa shape index (κ1) is 28.1. The molecule has 0 spiro atoms. The zero-order valence-electron chi connectivity index (χ0n) is 26.6. The van der Waals surface area contributed by atoms with E-state index in [1.807, 2.05) is 97.1 Å². The molecule has 0 aliphatic rings. The van der Waals surface area contributed by atoms with E-state index in [4.69, 9.17) is 28.8 Å². The lowest BCUT2D eigenvalue weighted by Crippen LogP contribution is -2.00. The second-order valence-electron chi connectivity index (χ2n) is 12.3. The molecule has 0 atom stereocenters. The molecule has 3 heterocycles. The quantitative estimate of drug-likeness (QED) is 0.186. The van der Waals surface area contributed by atoms with Crippen LogP contribution in [0.1, 0.15) is 0 Å². The number of nitrogens with zero attached hydrogens (tertiary/aromatic N) is 4. The summed E-state index contributed by atoms with van der Waals surface area (Å²) in [5, 5.41) is 4.13. The fourth-order valence-electron chi connectivity index (χ4n) is 6.66. The van der Waals surface area contributed by atoms with Gasteiger partial charge in [0.15, 0.2) is 23.1 Å². The number of rotatable bonds is 5. The SMILES string of the molecule is c1ccc(-c2ccc(-c3nc(-c4ccccc4)nc(-c4cccc5oc6cc7oc(-c8ccc9ccccc9c8)nc7cc6c45)n3)cc2)cc1. The monoisotopic (exact) mass is 642 g/mol. The fraction of sp³-hybridized carbons (Fsp3) is 0. The number of fused-ring (bicyclic) bond motifs is 5. The zero-order chi connectivity index (χ0) is 33.0. The highest BCUT2D eigenvalue weighted by Gasteiger charge is 2.20. The van der Waals surface area contributed by atoms with Gasteiger partial charge in [0.25, 0.3) is 0 Å². The summed E-state index contributed by atoms with van der Waals surface area (Å²) < 4.78 is 12.7. The van der Waals surface area contributed by atoms with Crippen LogP contribution in [0.3, 0.4) is 0 Å². The Balaban J connectivity index is 1.12. The van der Waals surface area contributed by atoms with Crippen molar-refractivity contribution in [1.29, 1.82) is 0 Å². The minimum absolute atomic E-state index is 0.561. The maximum Gasteiger partial charge on any atom is 0.227 e. The molecular weight excluding hydrogens is 617 g/mol. The van der Waals surface area contributed by atoms with Gasteiger partial charge in [-0.1, -0.05) is 127 Å². The molecule has 0 aliphatic carbocycles. The van der Waals surface area contributed by atoms with Gasteiger partial charge in [0, 0.05) is 39.1 Å². The molecule has 0 amide bonds. The number of oxazole rings is 1. The van der Waals surface area contributed by atoms with E-state index in [2.05, 4.69) is 60.7 Å². The molecule has 0 aliphatic heterocycles. The highest BCUT2D eigenvalue weighted by molar-refractivity contribution is 6.14. The van der Waals surface area contributed by atoms with Crippen molar-refractivity contribution in [1.82, 2.24) is 19.9 Å². The van der Waals surface area contributed by atoms with E-state index in [-0.39, 0.29) is 0 Å². The molecule has 0 unspecified atom stereocenters. The molecule has 50 heavy (non-hydrogen) atoms. The first-order chi connectivity index (χ1) is 24.7. The lowest BCUT2D eigenvalue weighted by molar-refractivity contribution is 0.617. The summed E-state index contributed by atoms with van der Waals surface area (Å²) in [5.41, 5.74) is 8.71. The van der Waals surface area contributed by atoms with Gasteiger partial charge < -0.3 is 8.83 Å². The molecule has 0 saturated heterocycles. The lowest BCUT2D eigenvalue weighted by Gasteiger charge is -2.10. The molecule has 0 fully saturated rings. The normalized spacial score (nSPS) is 11.6. The molecule has 10 aromatic rings. The summed E-state index contributed by atoms with van der Waals surface area (Å²) in [4.78, 5) is 20.0. The minimum Gasteiger partial charge on any atom is -0.456 e. The number of benzene rings is 7. The Hall–Kier alpha value is -6.92. The van der Waals surface area contributed by atoms with E-state index >= 15 is 0 Å². The molecule has 6 nitrogen and oxygen atoms in total. The van der Waals surface area contributed by atoms with Crippen LogP contribution in [0, 0.1) is 0 Å². The number of hydrogen-bond donors (Lipinski definition) is 0. The number of aromatic nitrogens is 4. The molecule has 0 N–H and O–H groups in total. The summed E-state index contributed by atoms with van der Waals surface area (Å²) in [7, 11) is 0. The molecule has 10 rings (SSSR count). The van der Waals surface area contributed by atoms with Crippen LogP contribution >= 0.6 is 0 Å². The molecular formula is C44H26N4O2. The van der Waals surface area contributed by atoms with Gasteiger partial charge in [-0.3, -0.25) is 0 Å². The molecule has 3 aromatic heterocycles. The van der Waals surface area contributed by atoms with Gasteiger partial charge in [0.05, 0.1) is 0 Å². The average molecular weight is 643 g/mol. The third-order valence-corrected chi connectivity index (χ3v) is 9.16. The van der Waals surface area contributed by atoms with Crippen LogP contribution in [0.4, 0.5) is 0 Å². The van der Waals surface area contributed by atoms with Crippen LogP contribution in [0.25, 0.3) is 101 Å². The Bertz CT molecular complexity index is 2860. The Morgan fingerprint density at radius 1 is 0.360 bits per heavy atom. The molecule has 7 aromatic carbocycles. The van der Waals surface area contributed by atoms with Crippen LogP contribution in [0.15, 0.2) is 167 Å². The Labute approximate surface area is 286 Å². The van der Waals surface area contributed by atoms with Gasteiger partial charge in [0.1, 0.15) is 16.7 Å². The average Bonchev–Trinajstić information content (AvgIpc) is 3.78. The van der Waals surface area contributed by atoms with E-state index in [1.54, 1.807) is 0 Å². The van der Waals surface area contributed by atoms with Crippen molar-refractivity contribution in [2.24, 2.45) is 0 Å². The van der Waals surface area contributed by atoms with Crippen molar-refractivity contribution in [3.63, 3.8) is 0 Å². The lowest BCUT2D eigenvalue weighted by atomic mass is 10.0. The Morgan fingerprint density at radius 2 is 0.980 bits per heavy atom. The maximum absolute atomic E-state index is 6.42. The van der Waals surface area contributed by atoms with Gasteiger partial charge in [-0.05, 0) is 46.2 Å². The van der Waals surface area contributed by atoms with Gasteiger partial charge in [0.2, 0.25) is 5.89 Å². The standard InChI is InChI=1S/C44H26N4O2/c1-3-10-27(11-4-1)29-18-21-31(22-19-29)42-46-41(30-13-5-2-6-14-30)47-43(48-42)34-16-9-17-37-40(34)35-25-36-39(26-38(35)49-37)50-44(45-36)33-23-20-28-12-7-8-15-32(28)24-33/h1-26H. The summed E-state index contributed by atoms with van der Waals surface area (Å²) in [6.07, 6.45) is 0. The number of furan rings is 1. The first-order valence-electron chi connectivity index (χ1n) is 16.5. The summed E-state index contributed by atoms with van der Waals surface area (Å²) in [6, 6.07) is 53.2. The predicted octanol–water partition coefficient (Wildman–Crippen LogP) is 11.4. The topological polar surface area (TPSA) is 77.8 Å². The predicted molar refractivity (Wildman–Crippen MR) is 199 cm³/mol. The van der Waals surface area contributed by atoms with Crippen molar-refractivity contribution in [3.8, 4) is 56.7 Å². The van der Waals surface area contributed by atoms with Crippen molar-refractivity contribution in [3.05, 3.63) is 158 Å². The second kappa shape index (κ2) is 11.4. The zero-order valence-corrected chi connectivity index (χ0v) is 26.6. The fourth-order valence-corrected chi connectivity index (χ4v) is 6.66. The highest BCUT2D eigenvalue weighted by Crippen LogP contribution is 2.39. The van der Waals surface area contributed by atoms with E-state index in [0.717, 1.165) is 60.6 Å². The minimum atomic E-state index is 0.561. The molecule has 0 bridgehead atoms. The third kappa shape index (κ3) is 4.81. The van der Waals surface area contributed by atoms with Gasteiger partial charge in [-0.15, -0.1) is 0 Å². The van der Waals surface area contributed by atoms with Crippen LogP contribution in [-0.4, -0.2) is 19.9 Å². The van der Waals surface area contributed by atoms with Crippen molar-refractivity contribution in [2.75, 3.05) is 0 Å². The molecule has 234 valence electrons. The summed E-state index contributed by atoms with van der Waals surface area (Å²) in [6.45, 7) is 0. The maximum atomic E-state index is 6.42. The summed E-state index contributed by atoms with van der Waals surface area (Å²) in [5.74, 6) is 2.32.